The van der Waals surface area contributed by atoms with Gasteiger partial charge in [-0.3, -0.25) is 9.59 Å². The quantitative estimate of drug-likeness (QED) is 0.557. The standard InChI is InChI=1S/C27H39N5O6/c1-17(2)13-31(19-12-27(7,24(35)36)16-30(14-19)25(37)38-26(4,5)6)23(34)22-21(15-33)32(29-28-22)20-11-9-8-10-18(20)3/h8-11,17,19,33H,12-16H2,1-7H3,(H,35,36)/t19-,27+/m0/s1. The van der Waals surface area contributed by atoms with E-state index in [2.05, 4.69) is 10.3 Å². The average molecular weight is 530 g/mol. The number of ether oxygens (including phenoxy) is 1. The number of carbonyl (C=O) groups is 3. The first-order chi connectivity index (χ1) is 17.7. The number of aliphatic carboxylic acids is 1. The van der Waals surface area contributed by atoms with Crippen LogP contribution in [0.1, 0.15) is 69.7 Å². The number of benzene rings is 1. The predicted octanol–water partition coefficient (Wildman–Crippen LogP) is 3.27. The van der Waals surface area contributed by atoms with Gasteiger partial charge >= 0.3 is 12.1 Å². The fourth-order valence-electron chi connectivity index (χ4n) is 4.75. The Balaban J connectivity index is 2.03. The average Bonchev–Trinajstić information content (AvgIpc) is 3.24. The van der Waals surface area contributed by atoms with Crippen molar-refractivity contribution in [3.8, 4) is 5.69 Å². The fourth-order valence-corrected chi connectivity index (χ4v) is 4.75. The Hall–Kier alpha value is -3.47. The van der Waals surface area contributed by atoms with E-state index in [0.717, 1.165) is 5.56 Å². The number of rotatable bonds is 7. The molecule has 2 N–H and O–H groups in total. The number of amides is 2. The van der Waals surface area contributed by atoms with Gasteiger partial charge in [0.2, 0.25) is 0 Å². The van der Waals surface area contributed by atoms with Crippen molar-refractivity contribution in [1.29, 1.82) is 0 Å². The highest BCUT2D eigenvalue weighted by atomic mass is 16.6. The molecule has 1 fully saturated rings. The Morgan fingerprint density at radius 3 is 2.45 bits per heavy atom. The summed E-state index contributed by atoms with van der Waals surface area (Å²) in [6.07, 6.45) is -0.492. The molecule has 1 aliphatic heterocycles. The first-order valence-electron chi connectivity index (χ1n) is 12.8. The molecule has 1 aliphatic rings. The summed E-state index contributed by atoms with van der Waals surface area (Å²) in [6, 6.07) is 6.80. The van der Waals surface area contributed by atoms with Gasteiger partial charge in [0.25, 0.3) is 5.91 Å². The molecule has 3 rings (SSSR count). The van der Waals surface area contributed by atoms with E-state index in [9.17, 15) is 24.6 Å². The summed E-state index contributed by atoms with van der Waals surface area (Å²) < 4.78 is 6.99. The lowest BCUT2D eigenvalue weighted by molar-refractivity contribution is -0.152. The predicted molar refractivity (Wildman–Crippen MR) is 140 cm³/mol. The van der Waals surface area contributed by atoms with Crippen LogP contribution in [0.15, 0.2) is 24.3 Å². The fraction of sp³-hybridized carbons (Fsp3) is 0.593. The van der Waals surface area contributed by atoms with Gasteiger partial charge in [-0.05, 0) is 58.6 Å². The van der Waals surface area contributed by atoms with E-state index in [4.69, 9.17) is 4.74 Å². The van der Waals surface area contributed by atoms with E-state index in [1.807, 2.05) is 45.0 Å². The molecule has 1 aromatic carbocycles. The molecule has 2 atom stereocenters. The molecule has 1 saturated heterocycles. The molecule has 0 bridgehead atoms. The van der Waals surface area contributed by atoms with Crippen LogP contribution in [0.5, 0.6) is 0 Å². The summed E-state index contributed by atoms with van der Waals surface area (Å²) in [4.78, 5) is 42.2. The summed E-state index contributed by atoms with van der Waals surface area (Å²) in [5.41, 5.74) is -0.259. The first-order valence-corrected chi connectivity index (χ1v) is 12.8. The lowest BCUT2D eigenvalue weighted by Crippen LogP contribution is -2.60. The zero-order valence-electron chi connectivity index (χ0n) is 23.3. The highest BCUT2D eigenvalue weighted by Gasteiger charge is 2.47. The number of carboxylic acid groups (broad SMARTS) is 1. The smallest absolute Gasteiger partial charge is 0.410 e. The van der Waals surface area contributed by atoms with Crippen molar-refractivity contribution in [3.63, 3.8) is 0 Å². The van der Waals surface area contributed by atoms with E-state index in [0.29, 0.717) is 12.2 Å². The van der Waals surface area contributed by atoms with E-state index in [1.54, 1.807) is 32.6 Å². The van der Waals surface area contributed by atoms with Gasteiger partial charge in [-0.1, -0.05) is 37.3 Å². The molecule has 208 valence electrons. The minimum Gasteiger partial charge on any atom is -0.481 e. The van der Waals surface area contributed by atoms with Gasteiger partial charge in [0.05, 0.1) is 23.8 Å². The minimum absolute atomic E-state index is 0.0113. The number of aliphatic hydroxyl groups is 1. The third-order valence-corrected chi connectivity index (χ3v) is 6.55. The number of likely N-dealkylation sites (tertiary alicyclic amines) is 1. The summed E-state index contributed by atoms with van der Waals surface area (Å²) in [5.74, 6) is -1.50. The van der Waals surface area contributed by atoms with Gasteiger partial charge in [-0.15, -0.1) is 5.10 Å². The second kappa shape index (κ2) is 11.1. The minimum atomic E-state index is -1.30. The van der Waals surface area contributed by atoms with E-state index in [-0.39, 0.29) is 36.8 Å². The third-order valence-electron chi connectivity index (χ3n) is 6.55. The number of carboxylic acids is 1. The van der Waals surface area contributed by atoms with Gasteiger partial charge in [-0.25, -0.2) is 9.48 Å². The summed E-state index contributed by atoms with van der Waals surface area (Å²) >= 11 is 0. The van der Waals surface area contributed by atoms with Crippen molar-refractivity contribution < 1.29 is 29.3 Å². The summed E-state index contributed by atoms with van der Waals surface area (Å²) in [7, 11) is 0. The number of piperidine rings is 1. The highest BCUT2D eigenvalue weighted by molar-refractivity contribution is 5.94. The van der Waals surface area contributed by atoms with Crippen molar-refractivity contribution in [2.45, 2.75) is 73.1 Å². The molecule has 2 heterocycles. The number of hydrogen-bond donors (Lipinski definition) is 2. The lowest BCUT2D eigenvalue weighted by atomic mass is 9.79. The van der Waals surface area contributed by atoms with Crippen LogP contribution in [0.3, 0.4) is 0 Å². The van der Waals surface area contributed by atoms with Crippen molar-refractivity contribution >= 4 is 18.0 Å². The molecule has 2 aromatic rings. The lowest BCUT2D eigenvalue weighted by Gasteiger charge is -2.46. The van der Waals surface area contributed by atoms with Crippen molar-refractivity contribution in [3.05, 3.63) is 41.2 Å². The van der Waals surface area contributed by atoms with Gasteiger partial charge in [0.15, 0.2) is 5.69 Å². The molecule has 1 aromatic heterocycles. The number of para-hydroxylation sites is 1. The van der Waals surface area contributed by atoms with Crippen LogP contribution in [-0.2, 0) is 16.1 Å². The van der Waals surface area contributed by atoms with Gasteiger partial charge in [-0.2, -0.15) is 0 Å². The second-order valence-corrected chi connectivity index (χ2v) is 11.7. The Bertz CT molecular complexity index is 1190. The Labute approximate surface area is 223 Å². The largest absolute Gasteiger partial charge is 0.481 e. The molecular weight excluding hydrogens is 490 g/mol. The van der Waals surface area contributed by atoms with Crippen LogP contribution in [0.2, 0.25) is 0 Å². The maximum Gasteiger partial charge on any atom is 0.410 e. The Morgan fingerprint density at radius 1 is 1.24 bits per heavy atom. The van der Waals surface area contributed by atoms with E-state index < -0.39 is 41.6 Å². The van der Waals surface area contributed by atoms with E-state index >= 15 is 0 Å². The summed E-state index contributed by atoms with van der Waals surface area (Å²) in [5, 5.41) is 28.6. The second-order valence-electron chi connectivity index (χ2n) is 11.7. The van der Waals surface area contributed by atoms with Crippen molar-refractivity contribution in [1.82, 2.24) is 24.8 Å². The monoisotopic (exact) mass is 529 g/mol. The zero-order valence-corrected chi connectivity index (χ0v) is 23.3. The number of aliphatic hydroxyl groups excluding tert-OH is 1. The summed E-state index contributed by atoms with van der Waals surface area (Å²) in [6.45, 7) is 12.5. The molecule has 0 radical (unpaired) electrons. The van der Waals surface area contributed by atoms with Gasteiger partial charge in [0, 0.05) is 19.6 Å². The molecule has 0 unspecified atom stereocenters. The molecule has 38 heavy (non-hydrogen) atoms. The number of aryl methyl sites for hydroxylation is 1. The molecule has 11 nitrogen and oxygen atoms in total. The molecule has 0 spiro atoms. The van der Waals surface area contributed by atoms with E-state index in [1.165, 1.54) is 9.58 Å². The zero-order chi connectivity index (χ0) is 28.4. The van der Waals surface area contributed by atoms with Crippen molar-refractivity contribution in [2.24, 2.45) is 11.3 Å². The number of aromatic nitrogens is 3. The normalized spacial score (nSPS) is 19.9. The molecule has 2 amide bonds. The number of hydrogen-bond acceptors (Lipinski definition) is 7. The molecule has 0 saturated carbocycles. The van der Waals surface area contributed by atoms with Crippen LogP contribution in [0.25, 0.3) is 5.69 Å². The van der Waals surface area contributed by atoms with Crippen LogP contribution in [-0.4, -0.2) is 84.3 Å². The number of nitrogens with zero attached hydrogens (tertiary/aromatic N) is 5. The first kappa shape index (κ1) is 29.1. The topological polar surface area (TPSA) is 138 Å². The van der Waals surface area contributed by atoms with Crippen LogP contribution in [0, 0.1) is 18.3 Å². The van der Waals surface area contributed by atoms with Crippen LogP contribution < -0.4 is 0 Å². The SMILES string of the molecule is Cc1ccccc1-n1nnc(C(=O)N(CC(C)C)[C@@H]2CN(C(=O)OC(C)(C)C)C[C@](C)(C(=O)O)C2)c1CO. The molecular formula is C27H39N5O6. The molecule has 0 aliphatic carbocycles. The maximum absolute atomic E-state index is 14.0. The Kier molecular flexibility index (Phi) is 8.50. The maximum atomic E-state index is 14.0. The van der Waals surface area contributed by atoms with Crippen LogP contribution >= 0.6 is 0 Å². The van der Waals surface area contributed by atoms with Crippen LogP contribution in [0.4, 0.5) is 4.79 Å². The highest BCUT2D eigenvalue weighted by Crippen LogP contribution is 2.34. The van der Waals surface area contributed by atoms with Gasteiger partial charge in [0.1, 0.15) is 11.3 Å². The third kappa shape index (κ3) is 6.32. The number of carbonyl (C=O) groups excluding carboxylic acids is 2. The molecule has 11 heteroatoms. The van der Waals surface area contributed by atoms with Crippen molar-refractivity contribution in [2.75, 3.05) is 19.6 Å². The van der Waals surface area contributed by atoms with Gasteiger partial charge < -0.3 is 24.7 Å². The Morgan fingerprint density at radius 2 is 1.89 bits per heavy atom.